The van der Waals surface area contributed by atoms with Gasteiger partial charge in [-0.05, 0) is 29.7 Å². The number of ether oxygens (including phenoxy) is 3. The number of amides is 3. The Balaban J connectivity index is 1.37. The van der Waals surface area contributed by atoms with Crippen LogP contribution in [0.3, 0.4) is 0 Å². The van der Waals surface area contributed by atoms with E-state index in [2.05, 4.69) is 5.32 Å². The van der Waals surface area contributed by atoms with Crippen LogP contribution >= 0.6 is 11.6 Å². The molecule has 4 aliphatic rings. The van der Waals surface area contributed by atoms with Gasteiger partial charge < -0.3 is 34.4 Å². The number of esters is 1. The van der Waals surface area contributed by atoms with Crippen molar-refractivity contribution >= 4 is 41.0 Å². The minimum atomic E-state index is -1.63. The predicted octanol–water partition coefficient (Wildman–Crippen LogP) is 4.32. The standard InChI is InChI=1S/C40H40ClN3O8/c1-50-24-28-35(26-15-6-3-7-16-26)51-39(49)33-31(19-10-11-20-32(46)42-28)52-40-21-12-22-43(29-18-9-8-17-27(29)41)38(48)36(40)44(37(47)34(33)40)30(23-45)25-13-4-2-5-14-25/h2-10,12-19,21,28,30-31,33-36,45H,11,20,22-24H2,1H3,(H,42,46)/b19-10-/t28-,30+,31-,33+,34+,35-,36-,40+/m0/s1. The third kappa shape index (κ3) is 6.32. The van der Waals surface area contributed by atoms with Crippen LogP contribution in [0.25, 0.3) is 0 Å². The van der Waals surface area contributed by atoms with E-state index in [1.165, 1.54) is 16.9 Å². The van der Waals surface area contributed by atoms with E-state index in [4.69, 9.17) is 25.8 Å². The van der Waals surface area contributed by atoms with Crippen molar-refractivity contribution < 1.29 is 38.5 Å². The number of para-hydroxylation sites is 1. The van der Waals surface area contributed by atoms with Gasteiger partial charge in [0.05, 0.1) is 48.0 Å². The van der Waals surface area contributed by atoms with Gasteiger partial charge in [0.2, 0.25) is 11.8 Å². The van der Waals surface area contributed by atoms with E-state index in [-0.39, 0.29) is 25.5 Å². The first kappa shape index (κ1) is 35.6. The molecule has 3 aromatic carbocycles. The van der Waals surface area contributed by atoms with Crippen molar-refractivity contribution in [2.75, 3.05) is 31.8 Å². The zero-order valence-corrected chi connectivity index (χ0v) is 29.3. The molecule has 3 amide bonds. The molecule has 4 aliphatic heterocycles. The summed E-state index contributed by atoms with van der Waals surface area (Å²) in [6, 6.07) is 22.0. The van der Waals surface area contributed by atoms with Crippen LogP contribution in [-0.2, 0) is 33.4 Å². The number of fused-ring (bicyclic) bond motifs is 2. The van der Waals surface area contributed by atoms with Gasteiger partial charge in [-0.25, -0.2) is 0 Å². The van der Waals surface area contributed by atoms with E-state index in [0.717, 1.165) is 0 Å². The molecule has 1 spiro atoms. The Morgan fingerprint density at radius 3 is 2.38 bits per heavy atom. The second kappa shape index (κ2) is 15.0. The summed E-state index contributed by atoms with van der Waals surface area (Å²) in [4.78, 5) is 60.8. The molecule has 2 fully saturated rings. The Morgan fingerprint density at radius 2 is 1.67 bits per heavy atom. The van der Waals surface area contributed by atoms with Gasteiger partial charge in [-0.1, -0.05) is 109 Å². The van der Waals surface area contributed by atoms with Crippen molar-refractivity contribution in [3.8, 4) is 0 Å². The highest BCUT2D eigenvalue weighted by Crippen LogP contribution is 2.55. The monoisotopic (exact) mass is 725 g/mol. The summed E-state index contributed by atoms with van der Waals surface area (Å²) in [5.41, 5.74) is 0.0484. The highest BCUT2D eigenvalue weighted by molar-refractivity contribution is 6.34. The van der Waals surface area contributed by atoms with E-state index in [1.54, 1.807) is 97.1 Å². The molecule has 0 bridgehead atoms. The molecule has 0 aromatic heterocycles. The molecule has 270 valence electrons. The number of benzene rings is 3. The fourth-order valence-corrected chi connectivity index (χ4v) is 8.32. The Morgan fingerprint density at radius 1 is 0.962 bits per heavy atom. The molecule has 3 aromatic rings. The predicted molar refractivity (Wildman–Crippen MR) is 192 cm³/mol. The van der Waals surface area contributed by atoms with Crippen LogP contribution in [0, 0.1) is 11.8 Å². The van der Waals surface area contributed by atoms with E-state index >= 15 is 9.59 Å². The highest BCUT2D eigenvalue weighted by Gasteiger charge is 2.73. The molecule has 8 atom stereocenters. The smallest absolute Gasteiger partial charge is 0.313 e. The van der Waals surface area contributed by atoms with Crippen LogP contribution in [0.15, 0.2) is 109 Å². The molecular weight excluding hydrogens is 686 g/mol. The number of hydrogen-bond acceptors (Lipinski definition) is 8. The van der Waals surface area contributed by atoms with E-state index < -0.39 is 72.2 Å². The van der Waals surface area contributed by atoms with Gasteiger partial charge in [-0.15, -0.1) is 0 Å². The molecule has 2 N–H and O–H groups in total. The number of halogens is 1. The van der Waals surface area contributed by atoms with Gasteiger partial charge in [-0.2, -0.15) is 0 Å². The maximum atomic E-state index is 15.1. The molecular formula is C40H40ClN3O8. The van der Waals surface area contributed by atoms with Crippen LogP contribution < -0.4 is 10.2 Å². The average Bonchev–Trinajstić information content (AvgIpc) is 3.54. The van der Waals surface area contributed by atoms with Crippen molar-refractivity contribution in [2.45, 2.75) is 48.8 Å². The summed E-state index contributed by atoms with van der Waals surface area (Å²) in [6.45, 7) is -0.331. The zero-order chi connectivity index (χ0) is 36.4. The zero-order valence-electron chi connectivity index (χ0n) is 28.5. The lowest BCUT2D eigenvalue weighted by Crippen LogP contribution is -2.56. The van der Waals surface area contributed by atoms with Crippen LogP contribution in [-0.4, -0.2) is 84.4 Å². The third-order valence-electron chi connectivity index (χ3n) is 10.3. The fourth-order valence-electron chi connectivity index (χ4n) is 8.08. The number of aliphatic hydroxyl groups excluding tert-OH is 1. The van der Waals surface area contributed by atoms with E-state index in [0.29, 0.717) is 28.3 Å². The van der Waals surface area contributed by atoms with Crippen LogP contribution in [0.1, 0.15) is 36.1 Å². The second-order valence-electron chi connectivity index (χ2n) is 13.4. The fraction of sp³-hybridized carbons (Fsp3) is 0.350. The summed E-state index contributed by atoms with van der Waals surface area (Å²) in [5, 5.41) is 14.2. The van der Waals surface area contributed by atoms with Gasteiger partial charge in [0.15, 0.2) is 0 Å². The molecule has 4 heterocycles. The summed E-state index contributed by atoms with van der Waals surface area (Å²) in [7, 11) is 1.50. The first-order valence-electron chi connectivity index (χ1n) is 17.4. The van der Waals surface area contributed by atoms with Crippen LogP contribution in [0.4, 0.5) is 5.69 Å². The number of nitrogens with one attached hydrogen (secondary N) is 1. The van der Waals surface area contributed by atoms with Gasteiger partial charge in [0.1, 0.15) is 23.7 Å². The number of aliphatic hydroxyl groups is 1. The average molecular weight is 726 g/mol. The first-order valence-corrected chi connectivity index (χ1v) is 17.8. The Labute approximate surface area is 306 Å². The number of nitrogens with zero attached hydrogens (tertiary/aromatic N) is 2. The number of hydrogen-bond donors (Lipinski definition) is 2. The number of allylic oxidation sites excluding steroid dienone is 1. The summed E-state index contributed by atoms with van der Waals surface area (Å²) >= 11 is 6.62. The molecule has 52 heavy (non-hydrogen) atoms. The van der Waals surface area contributed by atoms with E-state index in [9.17, 15) is 14.7 Å². The van der Waals surface area contributed by atoms with Crippen molar-refractivity contribution in [1.82, 2.24) is 10.2 Å². The SMILES string of the molecule is COC[C@@H]1NC(=O)CC/C=C\[C@@H]2O[C@@]34C=CCN(c5ccccc5Cl)C(=O)[C@@H]3N([C@H](CO)c3ccccc3)C(=O)[C@H]4[C@@H]2C(=O)O[C@H]1c1ccccc1. The topological polar surface area (TPSA) is 135 Å². The summed E-state index contributed by atoms with van der Waals surface area (Å²) in [5.74, 6) is -4.39. The number of cyclic esters (lactones) is 1. The van der Waals surface area contributed by atoms with Gasteiger partial charge >= 0.3 is 5.97 Å². The molecule has 7 rings (SSSR count). The third-order valence-corrected chi connectivity index (χ3v) is 10.7. The normalized spacial score (nSPS) is 30.2. The van der Waals surface area contributed by atoms with Crippen LogP contribution in [0.5, 0.6) is 0 Å². The molecule has 0 saturated carbocycles. The van der Waals surface area contributed by atoms with Gasteiger partial charge in [0, 0.05) is 20.1 Å². The largest absolute Gasteiger partial charge is 0.455 e. The Hall–Kier alpha value is -4.81. The van der Waals surface area contributed by atoms with Gasteiger partial charge in [0.25, 0.3) is 5.91 Å². The molecule has 0 radical (unpaired) electrons. The lowest BCUT2D eigenvalue weighted by Gasteiger charge is -2.38. The van der Waals surface area contributed by atoms with Crippen molar-refractivity contribution in [3.05, 3.63) is 125 Å². The summed E-state index contributed by atoms with van der Waals surface area (Å²) < 4.78 is 18.7. The molecule has 11 nitrogen and oxygen atoms in total. The first-order chi connectivity index (χ1) is 25.3. The minimum absolute atomic E-state index is 0.0472. The van der Waals surface area contributed by atoms with Crippen LogP contribution in [0.2, 0.25) is 5.02 Å². The number of likely N-dealkylation sites (tertiary alicyclic amines) is 1. The second-order valence-corrected chi connectivity index (χ2v) is 13.8. The number of methoxy groups -OCH3 is 1. The molecule has 0 aliphatic carbocycles. The molecule has 0 unspecified atom stereocenters. The lowest BCUT2D eigenvalue weighted by molar-refractivity contribution is -0.162. The molecule has 12 heteroatoms. The Bertz CT molecular complexity index is 1870. The van der Waals surface area contributed by atoms with Crippen molar-refractivity contribution in [2.24, 2.45) is 11.8 Å². The number of rotatable bonds is 7. The number of anilines is 1. The lowest BCUT2D eigenvalue weighted by atomic mass is 9.77. The maximum Gasteiger partial charge on any atom is 0.313 e. The number of carbonyl (C=O) groups excluding carboxylic acids is 4. The maximum absolute atomic E-state index is 15.1. The highest BCUT2D eigenvalue weighted by atomic mass is 35.5. The van der Waals surface area contributed by atoms with Crippen molar-refractivity contribution in [1.29, 1.82) is 0 Å². The van der Waals surface area contributed by atoms with Crippen molar-refractivity contribution in [3.63, 3.8) is 0 Å². The quantitative estimate of drug-likeness (QED) is 0.272. The Kier molecular flexibility index (Phi) is 10.3. The van der Waals surface area contributed by atoms with E-state index in [1.807, 2.05) is 12.1 Å². The number of carbonyl (C=O) groups is 4. The minimum Gasteiger partial charge on any atom is -0.455 e. The molecule has 2 saturated heterocycles. The summed E-state index contributed by atoms with van der Waals surface area (Å²) in [6.07, 6.45) is 5.43. The van der Waals surface area contributed by atoms with Gasteiger partial charge in [-0.3, -0.25) is 19.2 Å².